The van der Waals surface area contributed by atoms with Gasteiger partial charge in [0, 0.05) is 18.2 Å². The molecule has 0 spiro atoms. The van der Waals surface area contributed by atoms with Crippen LogP contribution in [0, 0.1) is 5.82 Å². The highest BCUT2D eigenvalue weighted by atomic mass is 19.1. The second-order valence-corrected chi connectivity index (χ2v) is 7.75. The highest BCUT2D eigenvalue weighted by Gasteiger charge is 2.34. The van der Waals surface area contributed by atoms with E-state index in [2.05, 4.69) is 4.99 Å². The predicted molar refractivity (Wildman–Crippen MR) is 116 cm³/mol. The number of hydrogen-bond acceptors (Lipinski definition) is 6. The van der Waals surface area contributed by atoms with Gasteiger partial charge in [-0.05, 0) is 41.5 Å². The Bertz CT molecular complexity index is 1070. The van der Waals surface area contributed by atoms with Crippen LogP contribution in [0.15, 0.2) is 53.0 Å². The molecule has 32 heavy (non-hydrogen) atoms. The molecule has 0 aromatic heterocycles. The van der Waals surface area contributed by atoms with E-state index in [0.717, 1.165) is 11.1 Å². The largest absolute Gasteiger partial charge is 0.488 e. The Morgan fingerprint density at radius 2 is 1.88 bits per heavy atom. The first-order valence-corrected chi connectivity index (χ1v) is 10.5. The number of morpholine rings is 1. The van der Waals surface area contributed by atoms with Crippen LogP contribution in [-0.4, -0.2) is 75.1 Å². The minimum atomic E-state index is -0.511. The Morgan fingerprint density at radius 1 is 1.16 bits per heavy atom. The average Bonchev–Trinajstić information content (AvgIpc) is 3.13. The van der Waals surface area contributed by atoms with Crippen LogP contribution in [0.25, 0.3) is 5.57 Å². The molecular weight excluding hydrogens is 415 g/mol. The van der Waals surface area contributed by atoms with E-state index in [1.807, 2.05) is 18.2 Å². The molecule has 2 aromatic carbocycles. The molecule has 2 aromatic rings. The topological polar surface area (TPSA) is 77.4 Å². The quantitative estimate of drug-likeness (QED) is 0.551. The Hall–Kier alpha value is -3.07. The molecule has 1 aliphatic carbocycles. The maximum Gasteiger partial charge on any atom is 0.340 e. The number of hydroxylamine groups is 3. The number of esters is 1. The fraction of sp³-hybridized carbons (Fsp3) is 0.333. The minimum Gasteiger partial charge on any atom is -0.488 e. The highest BCUT2D eigenvalue weighted by Crippen LogP contribution is 2.40. The number of fused-ring (bicyclic) bond motifs is 1. The Morgan fingerprint density at radius 3 is 2.53 bits per heavy atom. The van der Waals surface area contributed by atoms with Crippen LogP contribution < -0.4 is 4.74 Å². The van der Waals surface area contributed by atoms with Crippen LogP contribution in [-0.2, 0) is 14.3 Å². The minimum absolute atomic E-state index is 0.0740. The van der Waals surface area contributed by atoms with Gasteiger partial charge in [0.2, 0.25) is 0 Å². The molecule has 1 saturated heterocycles. The van der Waals surface area contributed by atoms with Crippen LogP contribution in [0.3, 0.4) is 0 Å². The monoisotopic (exact) mass is 441 g/mol. The summed E-state index contributed by atoms with van der Waals surface area (Å²) >= 11 is 0. The molecule has 0 radical (unpaired) electrons. The molecule has 1 N–H and O–H groups in total. The van der Waals surface area contributed by atoms with Gasteiger partial charge in [-0.25, -0.2) is 14.4 Å². The first-order chi connectivity index (χ1) is 15.5. The van der Waals surface area contributed by atoms with Crippen molar-refractivity contribution in [3.05, 3.63) is 70.5 Å². The number of carbonyl (C=O) groups is 1. The number of aliphatic imine (C=N–C) groups is 1. The van der Waals surface area contributed by atoms with Crippen molar-refractivity contribution in [2.75, 3.05) is 53.6 Å². The number of carbonyl (C=O) groups excluding carboxylic acids is 1. The van der Waals surface area contributed by atoms with Crippen molar-refractivity contribution in [2.24, 2.45) is 4.99 Å². The Labute approximate surface area is 185 Å². The zero-order chi connectivity index (χ0) is 22.7. The molecule has 0 bridgehead atoms. The fourth-order valence-electron chi connectivity index (χ4n) is 4.10. The van der Waals surface area contributed by atoms with Gasteiger partial charge in [0.1, 0.15) is 37.8 Å². The normalized spacial score (nSPS) is 18.6. The first-order valence-electron chi connectivity index (χ1n) is 10.5. The van der Waals surface area contributed by atoms with Gasteiger partial charge in [0.15, 0.2) is 0 Å². The molecule has 4 rings (SSSR count). The molecule has 0 atom stereocenters. The summed E-state index contributed by atoms with van der Waals surface area (Å²) in [5.74, 6) is -0.262. The van der Waals surface area contributed by atoms with Crippen LogP contribution in [0.1, 0.15) is 16.7 Å². The van der Waals surface area contributed by atoms with Gasteiger partial charge in [-0.2, -0.15) is 4.65 Å². The fourth-order valence-corrected chi connectivity index (χ4v) is 4.10. The second-order valence-electron chi connectivity index (χ2n) is 7.75. The first kappa shape index (κ1) is 22.1. The second kappa shape index (κ2) is 9.20. The molecule has 2 aliphatic rings. The van der Waals surface area contributed by atoms with E-state index >= 15 is 0 Å². The molecule has 1 heterocycles. The van der Waals surface area contributed by atoms with E-state index in [9.17, 15) is 14.4 Å². The van der Waals surface area contributed by atoms with E-state index in [1.165, 1.54) is 19.2 Å². The third-order valence-corrected chi connectivity index (χ3v) is 5.83. The van der Waals surface area contributed by atoms with E-state index in [0.29, 0.717) is 67.6 Å². The summed E-state index contributed by atoms with van der Waals surface area (Å²) in [6.45, 7) is 2.90. The van der Waals surface area contributed by atoms with Gasteiger partial charge in [0.05, 0.1) is 31.6 Å². The number of benzene rings is 2. The lowest BCUT2D eigenvalue weighted by molar-refractivity contribution is -1.11. The van der Waals surface area contributed by atoms with Crippen molar-refractivity contribution in [1.29, 1.82) is 0 Å². The highest BCUT2D eigenvalue weighted by molar-refractivity contribution is 6.37. The van der Waals surface area contributed by atoms with Gasteiger partial charge in [0.25, 0.3) is 0 Å². The van der Waals surface area contributed by atoms with Crippen LogP contribution >= 0.6 is 0 Å². The Kier molecular flexibility index (Phi) is 6.36. The van der Waals surface area contributed by atoms with Gasteiger partial charge in [-0.3, -0.25) is 4.99 Å². The summed E-state index contributed by atoms with van der Waals surface area (Å²) in [5, 5.41) is 10.6. The van der Waals surface area contributed by atoms with Crippen molar-refractivity contribution in [3.63, 3.8) is 0 Å². The summed E-state index contributed by atoms with van der Waals surface area (Å²) in [6.07, 6.45) is 0. The smallest absolute Gasteiger partial charge is 0.340 e. The summed E-state index contributed by atoms with van der Waals surface area (Å²) in [4.78, 5) is 17.0. The number of methoxy groups -OCH3 is 1. The zero-order valence-corrected chi connectivity index (χ0v) is 18.1. The molecule has 8 heteroatoms. The number of rotatable bonds is 6. The van der Waals surface area contributed by atoms with E-state index in [4.69, 9.17) is 14.2 Å². The average molecular weight is 441 g/mol. The summed E-state index contributed by atoms with van der Waals surface area (Å²) in [7, 11) is 2.93. The van der Waals surface area contributed by atoms with E-state index in [1.54, 1.807) is 19.2 Å². The summed E-state index contributed by atoms with van der Waals surface area (Å²) < 4.78 is 29.7. The molecule has 1 aliphatic heterocycles. The molecular formula is C24H26FN2O5+. The third-order valence-electron chi connectivity index (χ3n) is 5.83. The van der Waals surface area contributed by atoms with Crippen molar-refractivity contribution in [1.82, 2.24) is 0 Å². The van der Waals surface area contributed by atoms with E-state index < -0.39 is 5.97 Å². The van der Waals surface area contributed by atoms with Crippen molar-refractivity contribution >= 4 is 17.3 Å². The SMILES string of the molecule is CN=C1C(C(=O)OC)=C(c2ccc(F)cc2)c2ccc(OCC[N+]3(O)CCOCC3)cc21. The summed E-state index contributed by atoms with van der Waals surface area (Å²) in [5.41, 5.74) is 3.71. The Balaban J connectivity index is 1.63. The molecule has 0 unspecified atom stereocenters. The number of nitrogens with zero attached hydrogens (tertiary/aromatic N) is 2. The van der Waals surface area contributed by atoms with Gasteiger partial charge >= 0.3 is 5.97 Å². The molecule has 0 saturated carbocycles. The lowest BCUT2D eigenvalue weighted by Gasteiger charge is -2.33. The zero-order valence-electron chi connectivity index (χ0n) is 18.1. The maximum atomic E-state index is 13.5. The molecule has 1 fully saturated rings. The van der Waals surface area contributed by atoms with Gasteiger partial charge in [-0.1, -0.05) is 12.1 Å². The van der Waals surface area contributed by atoms with Gasteiger partial charge in [-0.15, -0.1) is 0 Å². The van der Waals surface area contributed by atoms with Crippen molar-refractivity contribution in [3.8, 4) is 5.75 Å². The summed E-state index contributed by atoms with van der Waals surface area (Å²) in [6, 6.07) is 11.5. The number of halogens is 1. The van der Waals surface area contributed by atoms with Crippen molar-refractivity contribution < 1.29 is 33.2 Å². The van der Waals surface area contributed by atoms with Crippen molar-refractivity contribution in [2.45, 2.75) is 0 Å². The predicted octanol–water partition coefficient (Wildman–Crippen LogP) is 2.85. The molecule has 0 amide bonds. The number of ether oxygens (including phenoxy) is 3. The van der Waals surface area contributed by atoms with E-state index in [-0.39, 0.29) is 10.5 Å². The third kappa shape index (κ3) is 4.29. The lowest BCUT2D eigenvalue weighted by Crippen LogP contribution is -2.54. The standard InChI is InChI=1S/C24H26FN2O5/c1-26-23-20-15-18(32-14-11-27(29)9-12-31-13-10-27)7-8-19(20)21(22(23)24(28)30-2)16-3-5-17(25)6-4-16/h3-8,15,29H,9-14H2,1-2H3/q+1. The lowest BCUT2D eigenvalue weighted by atomic mass is 9.97. The van der Waals surface area contributed by atoms with Crippen LogP contribution in [0.2, 0.25) is 0 Å². The van der Waals surface area contributed by atoms with Crippen LogP contribution in [0.5, 0.6) is 5.75 Å². The number of hydrogen-bond donors (Lipinski definition) is 1. The number of quaternary nitrogens is 1. The van der Waals surface area contributed by atoms with Crippen LogP contribution in [0.4, 0.5) is 4.39 Å². The van der Waals surface area contributed by atoms with Gasteiger partial charge < -0.3 is 14.2 Å². The molecule has 168 valence electrons. The maximum absolute atomic E-state index is 13.5. The molecule has 7 nitrogen and oxygen atoms in total.